The van der Waals surface area contributed by atoms with Gasteiger partial charge in [0.1, 0.15) is 0 Å². The van der Waals surface area contributed by atoms with Crippen LogP contribution in [0.5, 0.6) is 0 Å². The second kappa shape index (κ2) is 5.10. The van der Waals surface area contributed by atoms with E-state index in [0.717, 1.165) is 9.65 Å². The van der Waals surface area contributed by atoms with Crippen molar-refractivity contribution >= 4 is 10.0 Å². The van der Waals surface area contributed by atoms with Gasteiger partial charge in [-0.1, -0.05) is 11.6 Å². The Morgan fingerprint density at radius 1 is 1.35 bits per heavy atom. The number of rotatable bonds is 3. The highest BCUT2D eigenvalue weighted by atomic mass is 32.2. The zero-order chi connectivity index (χ0) is 14.9. The molecule has 0 saturated heterocycles. The lowest BCUT2D eigenvalue weighted by molar-refractivity contribution is 0.571. The average Bonchev–Trinajstić information content (AvgIpc) is 2.88. The predicted molar refractivity (Wildman–Crippen MR) is 76.6 cm³/mol. The molecule has 0 aliphatic heterocycles. The van der Waals surface area contributed by atoms with Crippen molar-refractivity contribution in [1.82, 2.24) is 9.19 Å². The summed E-state index contributed by atoms with van der Waals surface area (Å²) in [4.78, 5) is 0. The molecule has 5 nitrogen and oxygen atoms in total. The summed E-state index contributed by atoms with van der Waals surface area (Å²) < 4.78 is 25.0. The molecule has 1 heterocycles. The van der Waals surface area contributed by atoms with Crippen LogP contribution in [0.1, 0.15) is 25.0 Å². The Morgan fingerprint density at radius 2 is 2.05 bits per heavy atom. The quantitative estimate of drug-likeness (QED) is 0.869. The molecule has 104 valence electrons. The number of hydrogen-bond donors (Lipinski definition) is 0. The summed E-state index contributed by atoms with van der Waals surface area (Å²) in [6.45, 7) is 5.12. The van der Waals surface area contributed by atoms with Crippen LogP contribution < -0.4 is 0 Å². The number of aryl methyl sites for hydroxylation is 1. The maximum Gasteiger partial charge on any atom is 0.256 e. The molecule has 0 atom stereocenters. The van der Waals surface area contributed by atoms with E-state index in [9.17, 15) is 8.42 Å². The van der Waals surface area contributed by atoms with Gasteiger partial charge in [0.2, 0.25) is 0 Å². The number of nitrogens with zero attached hydrogens (tertiary/aromatic N) is 3. The fourth-order valence-electron chi connectivity index (χ4n) is 1.79. The van der Waals surface area contributed by atoms with Gasteiger partial charge in [-0.05, 0) is 32.9 Å². The van der Waals surface area contributed by atoms with Crippen LogP contribution in [-0.4, -0.2) is 22.9 Å². The van der Waals surface area contributed by atoms with Gasteiger partial charge in [0, 0.05) is 11.1 Å². The Labute approximate surface area is 118 Å². The Hall–Kier alpha value is -2.13. The number of benzene rings is 1. The molecule has 0 amide bonds. The van der Waals surface area contributed by atoms with Crippen molar-refractivity contribution in [3.63, 3.8) is 0 Å². The van der Waals surface area contributed by atoms with Crippen LogP contribution in [0.15, 0.2) is 30.6 Å². The van der Waals surface area contributed by atoms with E-state index in [1.807, 2.05) is 19.1 Å². The molecular formula is C14H15N3O2S. The molecule has 1 aromatic carbocycles. The summed E-state index contributed by atoms with van der Waals surface area (Å²) in [6, 6.07) is 7.52. The molecule has 0 radical (unpaired) electrons. The molecule has 0 spiro atoms. The smallest absolute Gasteiger partial charge is 0.204 e. The van der Waals surface area contributed by atoms with Crippen LogP contribution in [0.3, 0.4) is 0 Å². The van der Waals surface area contributed by atoms with E-state index in [-0.39, 0.29) is 0 Å². The van der Waals surface area contributed by atoms with Gasteiger partial charge < -0.3 is 0 Å². The molecule has 2 rings (SSSR count). The minimum absolute atomic E-state index is 0.497. The van der Waals surface area contributed by atoms with Crippen LogP contribution in [0.4, 0.5) is 0 Å². The van der Waals surface area contributed by atoms with Crippen molar-refractivity contribution < 1.29 is 8.42 Å². The summed E-state index contributed by atoms with van der Waals surface area (Å²) in [7, 11) is -3.47. The molecule has 0 fully saturated rings. The monoisotopic (exact) mass is 289 g/mol. The third-order valence-electron chi connectivity index (χ3n) is 3.02. The molecule has 1 aromatic heterocycles. The van der Waals surface area contributed by atoms with Crippen LogP contribution >= 0.6 is 0 Å². The van der Waals surface area contributed by atoms with Gasteiger partial charge in [-0.25, -0.2) is 8.42 Å². The average molecular weight is 289 g/mol. The van der Waals surface area contributed by atoms with E-state index < -0.39 is 15.3 Å². The van der Waals surface area contributed by atoms with Crippen LogP contribution in [0.2, 0.25) is 0 Å². The number of nitriles is 1. The van der Waals surface area contributed by atoms with Crippen molar-refractivity contribution in [3.05, 3.63) is 41.7 Å². The first-order valence-corrected chi connectivity index (χ1v) is 7.66. The highest BCUT2D eigenvalue weighted by Crippen LogP contribution is 2.24. The lowest BCUT2D eigenvalue weighted by Crippen LogP contribution is -2.22. The highest BCUT2D eigenvalue weighted by Gasteiger charge is 2.20. The van der Waals surface area contributed by atoms with Crippen LogP contribution in [-0.2, 0) is 10.0 Å². The Bertz CT molecular complexity index is 783. The minimum atomic E-state index is -3.47. The van der Waals surface area contributed by atoms with Gasteiger partial charge in [0.15, 0.2) is 0 Å². The van der Waals surface area contributed by atoms with Crippen LogP contribution in [0, 0.1) is 18.3 Å². The van der Waals surface area contributed by atoms with Crippen molar-refractivity contribution in [3.8, 4) is 17.2 Å². The molecule has 0 aliphatic rings. The van der Waals surface area contributed by atoms with E-state index in [1.54, 1.807) is 19.9 Å². The second-order valence-corrected chi connectivity index (χ2v) is 7.20. The van der Waals surface area contributed by atoms with E-state index >= 15 is 0 Å². The third-order valence-corrected chi connectivity index (χ3v) is 4.94. The summed E-state index contributed by atoms with van der Waals surface area (Å²) in [5, 5.41) is 12.5. The van der Waals surface area contributed by atoms with Gasteiger partial charge in [-0.3, -0.25) is 0 Å². The van der Waals surface area contributed by atoms with Gasteiger partial charge in [0.25, 0.3) is 10.0 Å². The third kappa shape index (κ3) is 2.45. The van der Waals surface area contributed by atoms with E-state index in [0.29, 0.717) is 16.7 Å². The SMILES string of the molecule is Cc1ccc(C#N)c(-c2cnn(S(=O)(=O)C(C)C)c2)c1. The van der Waals surface area contributed by atoms with E-state index in [1.165, 1.54) is 12.4 Å². The summed E-state index contributed by atoms with van der Waals surface area (Å²) in [5.41, 5.74) is 2.81. The van der Waals surface area contributed by atoms with E-state index in [2.05, 4.69) is 11.2 Å². The van der Waals surface area contributed by atoms with Crippen LogP contribution in [0.25, 0.3) is 11.1 Å². The molecule has 0 unspecified atom stereocenters. The summed E-state index contributed by atoms with van der Waals surface area (Å²) in [5.74, 6) is 0. The fraction of sp³-hybridized carbons (Fsp3) is 0.286. The molecular weight excluding hydrogens is 274 g/mol. The first-order valence-electron chi connectivity index (χ1n) is 6.16. The molecule has 0 aliphatic carbocycles. The first kappa shape index (κ1) is 14.3. The zero-order valence-electron chi connectivity index (χ0n) is 11.5. The molecule has 0 saturated carbocycles. The van der Waals surface area contributed by atoms with E-state index in [4.69, 9.17) is 5.26 Å². The number of hydrogen-bond acceptors (Lipinski definition) is 4. The summed E-state index contributed by atoms with van der Waals surface area (Å²) in [6.07, 6.45) is 2.92. The van der Waals surface area contributed by atoms with Crippen molar-refractivity contribution in [1.29, 1.82) is 5.26 Å². The molecule has 20 heavy (non-hydrogen) atoms. The topological polar surface area (TPSA) is 75.8 Å². The summed E-state index contributed by atoms with van der Waals surface area (Å²) >= 11 is 0. The lowest BCUT2D eigenvalue weighted by atomic mass is 10.0. The van der Waals surface area contributed by atoms with Crippen molar-refractivity contribution in [2.75, 3.05) is 0 Å². The van der Waals surface area contributed by atoms with Gasteiger partial charge >= 0.3 is 0 Å². The Morgan fingerprint density at radius 3 is 2.65 bits per heavy atom. The predicted octanol–water partition coefficient (Wildman–Crippen LogP) is 2.32. The van der Waals surface area contributed by atoms with Crippen molar-refractivity contribution in [2.24, 2.45) is 0 Å². The van der Waals surface area contributed by atoms with Gasteiger partial charge in [0.05, 0.1) is 29.3 Å². The van der Waals surface area contributed by atoms with Gasteiger partial charge in [-0.2, -0.15) is 14.4 Å². The first-order chi connectivity index (χ1) is 9.36. The molecule has 2 aromatic rings. The standard InChI is InChI=1S/C14H15N3O2S/c1-10(2)20(18,19)17-9-13(8-16-17)14-6-11(3)4-5-12(14)7-15/h4-6,8-10H,1-3H3. The van der Waals surface area contributed by atoms with Gasteiger partial charge in [-0.15, -0.1) is 0 Å². The molecule has 0 N–H and O–H groups in total. The normalized spacial score (nSPS) is 11.6. The van der Waals surface area contributed by atoms with Crippen molar-refractivity contribution in [2.45, 2.75) is 26.0 Å². The Balaban J connectivity index is 2.55. The lowest BCUT2D eigenvalue weighted by Gasteiger charge is -2.06. The Kier molecular flexibility index (Phi) is 3.64. The fourth-order valence-corrected chi connectivity index (χ4v) is 2.66. The highest BCUT2D eigenvalue weighted by molar-refractivity contribution is 7.90. The maximum atomic E-state index is 12.0. The largest absolute Gasteiger partial charge is 0.256 e. The second-order valence-electron chi connectivity index (χ2n) is 4.86. The number of aromatic nitrogens is 2. The maximum absolute atomic E-state index is 12.0. The molecule has 0 bridgehead atoms. The minimum Gasteiger partial charge on any atom is -0.204 e. The zero-order valence-corrected chi connectivity index (χ0v) is 12.3. The molecule has 6 heteroatoms.